The zero-order valence-corrected chi connectivity index (χ0v) is 11.4. The highest BCUT2D eigenvalue weighted by molar-refractivity contribution is 6.30. The van der Waals surface area contributed by atoms with Gasteiger partial charge in [0.25, 0.3) is 5.69 Å². The molecule has 0 heterocycles. The quantitative estimate of drug-likeness (QED) is 0.675. The molecule has 0 radical (unpaired) electrons. The number of hydrogen-bond donors (Lipinski definition) is 1. The number of nitro groups is 1. The lowest BCUT2D eigenvalue weighted by atomic mass is 10.1. The summed E-state index contributed by atoms with van der Waals surface area (Å²) in [5.74, 6) is -0.522. The normalized spacial score (nSPS) is 10.3. The molecule has 0 aliphatic carbocycles. The fraction of sp³-hybridized carbons (Fsp3) is 0.143. The molecule has 4 nitrogen and oxygen atoms in total. The number of hydrogen-bond acceptors (Lipinski definition) is 3. The molecule has 0 amide bonds. The molecule has 6 heteroatoms. The van der Waals surface area contributed by atoms with Gasteiger partial charge in [-0.2, -0.15) is 0 Å². The van der Waals surface area contributed by atoms with E-state index in [9.17, 15) is 14.5 Å². The van der Waals surface area contributed by atoms with Gasteiger partial charge < -0.3 is 5.32 Å². The van der Waals surface area contributed by atoms with Crippen molar-refractivity contribution in [1.82, 2.24) is 0 Å². The van der Waals surface area contributed by atoms with Crippen molar-refractivity contribution in [3.63, 3.8) is 0 Å². The third-order valence-electron chi connectivity index (χ3n) is 2.93. The summed E-state index contributed by atoms with van der Waals surface area (Å²) < 4.78 is 13.2. The Bertz CT molecular complexity index is 662. The molecule has 1 N–H and O–H groups in total. The molecule has 2 aromatic rings. The number of nitrogens with one attached hydrogen (secondary N) is 1. The first-order chi connectivity index (χ1) is 9.47. The summed E-state index contributed by atoms with van der Waals surface area (Å²) in [6.07, 6.45) is 0. The summed E-state index contributed by atoms with van der Waals surface area (Å²) in [5.41, 5.74) is 1.90. The van der Waals surface area contributed by atoms with Gasteiger partial charge >= 0.3 is 0 Å². The van der Waals surface area contributed by atoms with Crippen LogP contribution in [0.4, 0.5) is 15.8 Å². The van der Waals surface area contributed by atoms with Gasteiger partial charge in [-0.25, -0.2) is 4.39 Å². The van der Waals surface area contributed by atoms with Crippen LogP contribution in [-0.4, -0.2) is 4.92 Å². The highest BCUT2D eigenvalue weighted by atomic mass is 35.5. The molecule has 0 saturated carbocycles. The predicted octanol–water partition coefficient (Wildman–Crippen LogP) is 4.31. The maximum atomic E-state index is 13.2. The molecule has 0 aliphatic heterocycles. The molecule has 0 aromatic heterocycles. The zero-order chi connectivity index (χ0) is 14.7. The second-order valence-electron chi connectivity index (χ2n) is 4.34. The van der Waals surface area contributed by atoms with E-state index in [0.717, 1.165) is 29.3 Å². The van der Waals surface area contributed by atoms with Crippen LogP contribution in [0.25, 0.3) is 0 Å². The average Bonchev–Trinajstić information content (AvgIpc) is 2.37. The van der Waals surface area contributed by atoms with Crippen LogP contribution in [0, 0.1) is 22.9 Å². The van der Waals surface area contributed by atoms with Gasteiger partial charge in [-0.1, -0.05) is 17.7 Å². The highest BCUT2D eigenvalue weighted by Crippen LogP contribution is 2.26. The molecule has 0 fully saturated rings. The largest absolute Gasteiger partial charge is 0.375 e. The van der Waals surface area contributed by atoms with E-state index in [-0.39, 0.29) is 11.4 Å². The molecule has 0 atom stereocenters. The number of nitrogens with zero attached hydrogens (tertiary/aromatic N) is 1. The Morgan fingerprint density at radius 2 is 2.05 bits per heavy atom. The van der Waals surface area contributed by atoms with E-state index < -0.39 is 10.7 Å². The highest BCUT2D eigenvalue weighted by Gasteiger charge is 2.14. The van der Waals surface area contributed by atoms with Crippen molar-refractivity contribution in [2.75, 3.05) is 5.32 Å². The Morgan fingerprint density at radius 3 is 2.70 bits per heavy atom. The van der Waals surface area contributed by atoms with E-state index in [1.165, 1.54) is 0 Å². The van der Waals surface area contributed by atoms with Gasteiger partial charge in [0, 0.05) is 23.7 Å². The molecule has 0 aliphatic rings. The first kappa shape index (κ1) is 14.3. The van der Waals surface area contributed by atoms with E-state index in [2.05, 4.69) is 5.32 Å². The van der Waals surface area contributed by atoms with Crippen LogP contribution in [0.1, 0.15) is 11.1 Å². The van der Waals surface area contributed by atoms with Gasteiger partial charge in [0.1, 0.15) is 11.5 Å². The molecular weight excluding hydrogens is 283 g/mol. The van der Waals surface area contributed by atoms with Crippen LogP contribution in [0.2, 0.25) is 5.02 Å². The molecule has 0 unspecified atom stereocenters. The average molecular weight is 295 g/mol. The lowest BCUT2D eigenvalue weighted by molar-refractivity contribution is -0.384. The Labute approximate surface area is 120 Å². The van der Waals surface area contributed by atoms with Crippen LogP contribution in [0.5, 0.6) is 0 Å². The lowest BCUT2D eigenvalue weighted by Gasteiger charge is -2.10. The van der Waals surface area contributed by atoms with Gasteiger partial charge in [-0.15, -0.1) is 0 Å². The van der Waals surface area contributed by atoms with Crippen molar-refractivity contribution >= 4 is 23.0 Å². The first-order valence-corrected chi connectivity index (χ1v) is 6.28. The van der Waals surface area contributed by atoms with E-state index in [1.807, 2.05) is 13.0 Å². The number of anilines is 1. The smallest absolute Gasteiger partial charge is 0.292 e. The summed E-state index contributed by atoms with van der Waals surface area (Å²) in [5, 5.41) is 14.4. The van der Waals surface area contributed by atoms with Gasteiger partial charge in [0.05, 0.1) is 4.92 Å². The van der Waals surface area contributed by atoms with Crippen LogP contribution in [-0.2, 0) is 6.54 Å². The van der Waals surface area contributed by atoms with Crippen LogP contribution in [0.3, 0.4) is 0 Å². The number of halogens is 2. The maximum Gasteiger partial charge on any atom is 0.292 e. The lowest BCUT2D eigenvalue weighted by Crippen LogP contribution is -2.04. The Morgan fingerprint density at radius 1 is 1.30 bits per heavy atom. The van der Waals surface area contributed by atoms with E-state index in [1.54, 1.807) is 12.1 Å². The molecule has 0 bridgehead atoms. The molecule has 20 heavy (non-hydrogen) atoms. The number of benzene rings is 2. The molecule has 2 aromatic carbocycles. The van der Waals surface area contributed by atoms with Gasteiger partial charge in [-0.3, -0.25) is 10.1 Å². The summed E-state index contributed by atoms with van der Waals surface area (Å²) in [6.45, 7) is 2.25. The molecule has 104 valence electrons. The van der Waals surface area contributed by atoms with E-state index >= 15 is 0 Å². The van der Waals surface area contributed by atoms with Gasteiger partial charge in [-0.05, 0) is 36.2 Å². The van der Waals surface area contributed by atoms with Crippen molar-refractivity contribution < 1.29 is 9.31 Å². The molecule has 0 saturated heterocycles. The summed E-state index contributed by atoms with van der Waals surface area (Å²) >= 11 is 5.86. The molecule has 2 rings (SSSR count). The Hall–Kier alpha value is -2.14. The summed E-state index contributed by atoms with van der Waals surface area (Å²) in [6, 6.07) is 8.70. The third-order valence-corrected chi connectivity index (χ3v) is 3.16. The van der Waals surface area contributed by atoms with Gasteiger partial charge in [0.15, 0.2) is 0 Å². The van der Waals surface area contributed by atoms with Crippen molar-refractivity contribution in [3.05, 3.63) is 68.5 Å². The second-order valence-corrected chi connectivity index (χ2v) is 4.78. The minimum absolute atomic E-state index is 0.155. The molecular formula is C14H12ClFN2O2. The zero-order valence-electron chi connectivity index (χ0n) is 10.7. The summed E-state index contributed by atoms with van der Waals surface area (Å²) in [7, 11) is 0. The van der Waals surface area contributed by atoms with E-state index in [0.29, 0.717) is 11.6 Å². The number of nitro benzene ring substituents is 1. The number of aryl methyl sites for hydroxylation is 1. The van der Waals surface area contributed by atoms with Crippen molar-refractivity contribution in [2.24, 2.45) is 0 Å². The predicted molar refractivity (Wildman–Crippen MR) is 76.6 cm³/mol. The van der Waals surface area contributed by atoms with Crippen LogP contribution < -0.4 is 5.32 Å². The topological polar surface area (TPSA) is 55.2 Å². The van der Waals surface area contributed by atoms with Crippen LogP contribution >= 0.6 is 11.6 Å². The van der Waals surface area contributed by atoms with Crippen molar-refractivity contribution in [3.8, 4) is 0 Å². The van der Waals surface area contributed by atoms with Crippen molar-refractivity contribution in [2.45, 2.75) is 13.5 Å². The fourth-order valence-corrected chi connectivity index (χ4v) is 2.08. The SMILES string of the molecule is Cc1cc(Cl)ccc1CNc1cc(F)ccc1[N+](=O)[O-]. The van der Waals surface area contributed by atoms with E-state index in [4.69, 9.17) is 11.6 Å². The third kappa shape index (κ3) is 3.24. The van der Waals surface area contributed by atoms with Gasteiger partial charge in [0.2, 0.25) is 0 Å². The first-order valence-electron chi connectivity index (χ1n) is 5.90. The van der Waals surface area contributed by atoms with Crippen molar-refractivity contribution in [1.29, 1.82) is 0 Å². The number of rotatable bonds is 4. The minimum Gasteiger partial charge on any atom is -0.375 e. The standard InChI is InChI=1S/C14H12ClFN2O2/c1-9-6-11(15)3-2-10(9)8-17-13-7-12(16)4-5-14(13)18(19)20/h2-7,17H,8H2,1H3. The fourth-order valence-electron chi connectivity index (χ4n) is 1.86. The second kappa shape index (κ2) is 5.88. The maximum absolute atomic E-state index is 13.2. The summed E-state index contributed by atoms with van der Waals surface area (Å²) in [4.78, 5) is 10.3. The van der Waals surface area contributed by atoms with Crippen LogP contribution in [0.15, 0.2) is 36.4 Å². The minimum atomic E-state index is -0.545. The monoisotopic (exact) mass is 294 g/mol. The Kier molecular flexibility index (Phi) is 4.20. The Balaban J connectivity index is 2.22. The molecule has 0 spiro atoms.